The standard InChI is InChI=1S/C13H16N4O.C2H6/c1-8-12-9(13(14)18)5-4-6-10(12)16-11(15-8)7-17(2)3;1-2/h4-6H,1,7H2,2-3H3,(H2,14,18)(H,15,16);1-2H3. The van der Waals surface area contributed by atoms with E-state index in [0.29, 0.717) is 23.4 Å². The third-order valence-electron chi connectivity index (χ3n) is 2.63. The second-order valence-electron chi connectivity index (χ2n) is 4.46. The highest BCUT2D eigenvalue weighted by Gasteiger charge is 2.20. The molecule has 1 aromatic rings. The number of amides is 1. The van der Waals surface area contributed by atoms with Gasteiger partial charge < -0.3 is 16.0 Å². The van der Waals surface area contributed by atoms with Crippen LogP contribution in [0.1, 0.15) is 29.8 Å². The number of aliphatic imine (C=N–C) groups is 1. The van der Waals surface area contributed by atoms with E-state index in [1.165, 1.54) is 0 Å². The topological polar surface area (TPSA) is 70.7 Å². The Hall–Kier alpha value is -2.14. The maximum Gasteiger partial charge on any atom is 0.249 e. The highest BCUT2D eigenvalue weighted by Crippen LogP contribution is 2.30. The van der Waals surface area contributed by atoms with Crippen molar-refractivity contribution in [3.05, 3.63) is 35.9 Å². The lowest BCUT2D eigenvalue weighted by Crippen LogP contribution is -2.34. The summed E-state index contributed by atoms with van der Waals surface area (Å²) in [5, 5.41) is 3.11. The Morgan fingerprint density at radius 3 is 2.60 bits per heavy atom. The number of primary amides is 1. The Morgan fingerprint density at radius 2 is 2.05 bits per heavy atom. The van der Waals surface area contributed by atoms with Crippen LogP contribution in [0.5, 0.6) is 0 Å². The number of nitrogens with zero attached hydrogens (tertiary/aromatic N) is 2. The highest BCUT2D eigenvalue weighted by molar-refractivity contribution is 6.05. The van der Waals surface area contributed by atoms with Crippen molar-refractivity contribution in [3.63, 3.8) is 0 Å². The van der Waals surface area contributed by atoms with Crippen LogP contribution in [0.25, 0.3) is 5.70 Å². The smallest absolute Gasteiger partial charge is 0.249 e. The first-order chi connectivity index (χ1) is 9.49. The summed E-state index contributed by atoms with van der Waals surface area (Å²) in [5.74, 6) is 0.333. The zero-order valence-corrected chi connectivity index (χ0v) is 12.5. The molecule has 5 nitrogen and oxygen atoms in total. The second-order valence-corrected chi connectivity index (χ2v) is 4.46. The van der Waals surface area contributed by atoms with Crippen molar-refractivity contribution in [1.82, 2.24) is 10.2 Å². The van der Waals surface area contributed by atoms with Crippen LogP contribution in [0.15, 0.2) is 29.8 Å². The molecule has 0 fully saturated rings. The summed E-state index contributed by atoms with van der Waals surface area (Å²) in [5.41, 5.74) is 7.87. The molecule has 1 amide bonds. The molecule has 1 aromatic carbocycles. The number of carbonyl (C=O) groups excluding carboxylic acids is 1. The molecule has 5 heteroatoms. The van der Waals surface area contributed by atoms with Crippen LogP contribution in [-0.4, -0.2) is 37.3 Å². The first-order valence-corrected chi connectivity index (χ1v) is 6.60. The van der Waals surface area contributed by atoms with Crippen molar-refractivity contribution >= 4 is 23.1 Å². The van der Waals surface area contributed by atoms with Gasteiger partial charge in [-0.1, -0.05) is 26.5 Å². The first kappa shape index (κ1) is 15.9. The molecule has 0 saturated carbocycles. The van der Waals surface area contributed by atoms with Gasteiger partial charge in [-0.2, -0.15) is 0 Å². The van der Waals surface area contributed by atoms with Gasteiger partial charge in [0.2, 0.25) is 5.91 Å². The lowest BCUT2D eigenvalue weighted by atomic mass is 10.0. The molecule has 108 valence electrons. The van der Waals surface area contributed by atoms with Crippen LogP contribution in [0.2, 0.25) is 0 Å². The molecule has 0 saturated heterocycles. The number of nitrogens with two attached hydrogens (primary N) is 1. The molecule has 0 spiro atoms. The van der Waals surface area contributed by atoms with E-state index in [4.69, 9.17) is 5.73 Å². The van der Waals surface area contributed by atoms with E-state index in [1.807, 2.05) is 38.9 Å². The minimum atomic E-state index is -0.471. The van der Waals surface area contributed by atoms with Gasteiger partial charge in [0.1, 0.15) is 5.84 Å². The molecule has 1 aliphatic rings. The molecule has 2 rings (SSSR count). The Bertz CT molecular complexity index is 547. The Kier molecular flexibility index (Phi) is 5.46. The fourth-order valence-corrected chi connectivity index (χ4v) is 1.94. The highest BCUT2D eigenvalue weighted by atomic mass is 16.1. The zero-order chi connectivity index (χ0) is 15.3. The molecule has 0 aromatic heterocycles. The van der Waals surface area contributed by atoms with E-state index in [-0.39, 0.29) is 0 Å². The second kappa shape index (κ2) is 6.86. The summed E-state index contributed by atoms with van der Waals surface area (Å²) in [6, 6.07) is 5.30. The summed E-state index contributed by atoms with van der Waals surface area (Å²) >= 11 is 0. The largest absolute Gasteiger partial charge is 0.366 e. The zero-order valence-electron chi connectivity index (χ0n) is 12.5. The van der Waals surface area contributed by atoms with Crippen LogP contribution in [0, 0.1) is 0 Å². The molecule has 20 heavy (non-hydrogen) atoms. The fourth-order valence-electron chi connectivity index (χ4n) is 1.94. The minimum Gasteiger partial charge on any atom is -0.366 e. The molecule has 0 atom stereocenters. The van der Waals surface area contributed by atoms with Crippen LogP contribution in [0.4, 0.5) is 5.69 Å². The molecule has 3 N–H and O–H groups in total. The van der Waals surface area contributed by atoms with Crippen molar-refractivity contribution < 1.29 is 4.79 Å². The maximum atomic E-state index is 11.4. The maximum absolute atomic E-state index is 11.4. The van der Waals surface area contributed by atoms with Gasteiger partial charge in [-0.05, 0) is 26.2 Å². The molecule has 1 heterocycles. The number of fused-ring (bicyclic) bond motifs is 1. The number of likely N-dealkylation sites (N-methyl/N-ethyl adjacent to an activating group) is 1. The Labute approximate surface area is 120 Å². The van der Waals surface area contributed by atoms with Crippen LogP contribution >= 0.6 is 0 Å². The molecule has 0 aliphatic carbocycles. The average Bonchev–Trinajstić information content (AvgIpc) is 2.39. The van der Waals surface area contributed by atoms with Gasteiger partial charge in [0.15, 0.2) is 0 Å². The SMILES string of the molecule is C=C1NC(CN(C)C)=Nc2cccc(C(N)=O)c21.CC. The quantitative estimate of drug-likeness (QED) is 0.885. The first-order valence-electron chi connectivity index (χ1n) is 6.60. The van der Waals surface area contributed by atoms with Gasteiger partial charge in [-0.15, -0.1) is 0 Å². The van der Waals surface area contributed by atoms with Gasteiger partial charge in [-0.25, -0.2) is 4.99 Å². The van der Waals surface area contributed by atoms with Crippen molar-refractivity contribution in [2.45, 2.75) is 13.8 Å². The van der Waals surface area contributed by atoms with Gasteiger partial charge in [0, 0.05) is 11.3 Å². The summed E-state index contributed by atoms with van der Waals surface area (Å²) in [7, 11) is 3.92. The predicted molar refractivity (Wildman–Crippen MR) is 84.1 cm³/mol. The third-order valence-corrected chi connectivity index (χ3v) is 2.63. The number of hydrogen-bond donors (Lipinski definition) is 2. The third kappa shape index (κ3) is 3.45. The number of benzene rings is 1. The van der Waals surface area contributed by atoms with E-state index in [0.717, 1.165) is 11.5 Å². The van der Waals surface area contributed by atoms with Gasteiger partial charge in [-0.3, -0.25) is 4.79 Å². The van der Waals surface area contributed by atoms with Gasteiger partial charge in [0.25, 0.3) is 0 Å². The van der Waals surface area contributed by atoms with Gasteiger partial charge >= 0.3 is 0 Å². The molecule has 0 unspecified atom stereocenters. The lowest BCUT2D eigenvalue weighted by Gasteiger charge is -2.23. The molecule has 0 bridgehead atoms. The molecule has 1 aliphatic heterocycles. The van der Waals surface area contributed by atoms with Crippen molar-refractivity contribution in [3.8, 4) is 0 Å². The summed E-state index contributed by atoms with van der Waals surface area (Å²) in [4.78, 5) is 17.9. The monoisotopic (exact) mass is 274 g/mol. The number of hydrogen-bond acceptors (Lipinski definition) is 4. The Morgan fingerprint density at radius 1 is 1.40 bits per heavy atom. The average molecular weight is 274 g/mol. The van der Waals surface area contributed by atoms with E-state index in [2.05, 4.69) is 16.9 Å². The van der Waals surface area contributed by atoms with Crippen LogP contribution in [0.3, 0.4) is 0 Å². The molecular weight excluding hydrogens is 252 g/mol. The van der Waals surface area contributed by atoms with Crippen molar-refractivity contribution in [2.75, 3.05) is 20.6 Å². The molecular formula is C15H22N4O. The normalized spacial score (nSPS) is 12.8. The van der Waals surface area contributed by atoms with E-state index in [1.54, 1.807) is 12.1 Å². The van der Waals surface area contributed by atoms with Crippen molar-refractivity contribution in [2.24, 2.45) is 10.7 Å². The molecule has 0 radical (unpaired) electrons. The predicted octanol–water partition coefficient (Wildman–Crippen LogP) is 1.98. The summed E-state index contributed by atoms with van der Waals surface area (Å²) < 4.78 is 0. The van der Waals surface area contributed by atoms with E-state index >= 15 is 0 Å². The number of nitrogens with one attached hydrogen (secondary N) is 1. The number of rotatable bonds is 3. The Balaban J connectivity index is 0.000000956. The number of amidine groups is 1. The summed E-state index contributed by atoms with van der Waals surface area (Å²) in [6.07, 6.45) is 0. The summed E-state index contributed by atoms with van der Waals surface area (Å²) in [6.45, 7) is 8.62. The minimum absolute atomic E-state index is 0.442. The van der Waals surface area contributed by atoms with Crippen LogP contribution in [-0.2, 0) is 0 Å². The van der Waals surface area contributed by atoms with Gasteiger partial charge in [0.05, 0.1) is 17.8 Å². The van der Waals surface area contributed by atoms with Crippen LogP contribution < -0.4 is 11.1 Å². The lowest BCUT2D eigenvalue weighted by molar-refractivity contribution is 0.1000. The van der Waals surface area contributed by atoms with Crippen molar-refractivity contribution in [1.29, 1.82) is 0 Å². The van der Waals surface area contributed by atoms with E-state index < -0.39 is 5.91 Å². The number of carbonyl (C=O) groups is 1. The van der Waals surface area contributed by atoms with E-state index in [9.17, 15) is 4.79 Å². The fraction of sp³-hybridized carbons (Fsp3) is 0.333.